The standard InChI is InChI=1S/C15H13Br2FIN/c1-2-20-15(9-3-6-14(18)13(17)7-9)11-8-10(19)4-5-12(11)16/h3-8,15,20H,2H2,1H3. The Balaban J connectivity index is 2.49. The van der Waals surface area contributed by atoms with Gasteiger partial charge in [-0.15, -0.1) is 0 Å². The van der Waals surface area contributed by atoms with Crippen molar-refractivity contribution in [1.82, 2.24) is 5.32 Å². The largest absolute Gasteiger partial charge is 0.306 e. The van der Waals surface area contributed by atoms with E-state index in [-0.39, 0.29) is 11.9 Å². The smallest absolute Gasteiger partial charge is 0.137 e. The molecule has 0 spiro atoms. The van der Waals surface area contributed by atoms with Gasteiger partial charge >= 0.3 is 0 Å². The first kappa shape index (κ1) is 16.4. The van der Waals surface area contributed by atoms with Gasteiger partial charge < -0.3 is 5.32 Å². The topological polar surface area (TPSA) is 12.0 Å². The maximum Gasteiger partial charge on any atom is 0.137 e. The number of nitrogens with one attached hydrogen (secondary N) is 1. The molecular formula is C15H13Br2FIN. The van der Waals surface area contributed by atoms with E-state index in [4.69, 9.17) is 0 Å². The molecule has 20 heavy (non-hydrogen) atoms. The summed E-state index contributed by atoms with van der Waals surface area (Å²) in [5.74, 6) is -0.245. The molecule has 1 unspecified atom stereocenters. The Morgan fingerprint density at radius 3 is 2.55 bits per heavy atom. The molecule has 2 rings (SSSR count). The summed E-state index contributed by atoms with van der Waals surface area (Å²) in [4.78, 5) is 0. The quantitative estimate of drug-likeness (QED) is 0.522. The van der Waals surface area contributed by atoms with Crippen molar-refractivity contribution in [3.05, 3.63) is 65.9 Å². The fourth-order valence-corrected chi connectivity index (χ4v) is 3.43. The summed E-state index contributed by atoms with van der Waals surface area (Å²) in [6, 6.07) is 11.4. The minimum absolute atomic E-state index is 0.0287. The number of halogens is 4. The Bertz CT molecular complexity index is 619. The van der Waals surface area contributed by atoms with Crippen molar-refractivity contribution < 1.29 is 4.39 Å². The number of rotatable bonds is 4. The average Bonchev–Trinajstić information content (AvgIpc) is 2.42. The highest BCUT2D eigenvalue weighted by Gasteiger charge is 2.17. The predicted molar refractivity (Wildman–Crippen MR) is 96.5 cm³/mol. The molecular weight excluding hydrogens is 500 g/mol. The molecule has 1 nitrogen and oxygen atoms in total. The lowest BCUT2D eigenvalue weighted by atomic mass is 9.98. The Labute approximate surface area is 148 Å². The molecule has 5 heteroatoms. The fraction of sp³-hybridized carbons (Fsp3) is 0.200. The molecule has 0 aliphatic rings. The van der Waals surface area contributed by atoms with E-state index in [2.05, 4.69) is 78.8 Å². The highest BCUT2D eigenvalue weighted by atomic mass is 127. The van der Waals surface area contributed by atoms with Crippen molar-refractivity contribution in [2.24, 2.45) is 0 Å². The van der Waals surface area contributed by atoms with Crippen LogP contribution in [0.4, 0.5) is 4.39 Å². The third-order valence-electron chi connectivity index (χ3n) is 2.95. The maximum absolute atomic E-state index is 13.4. The van der Waals surface area contributed by atoms with Crippen LogP contribution in [0, 0.1) is 9.39 Å². The SMILES string of the molecule is CCNC(c1ccc(F)c(Br)c1)c1cc(I)ccc1Br. The molecule has 0 amide bonds. The molecule has 0 radical (unpaired) electrons. The van der Waals surface area contributed by atoms with E-state index in [0.717, 1.165) is 22.1 Å². The zero-order valence-corrected chi connectivity index (χ0v) is 16.1. The number of benzene rings is 2. The fourth-order valence-electron chi connectivity index (χ4n) is 2.04. The van der Waals surface area contributed by atoms with Gasteiger partial charge in [-0.1, -0.05) is 28.9 Å². The Morgan fingerprint density at radius 1 is 1.15 bits per heavy atom. The van der Waals surface area contributed by atoms with Crippen LogP contribution in [0.15, 0.2) is 45.3 Å². The second-order valence-corrected chi connectivity index (χ2v) is 7.28. The minimum Gasteiger partial charge on any atom is -0.306 e. The van der Waals surface area contributed by atoms with E-state index in [1.807, 2.05) is 18.2 Å². The van der Waals surface area contributed by atoms with Gasteiger partial charge in [-0.3, -0.25) is 0 Å². The molecule has 0 aromatic heterocycles. The molecule has 1 atom stereocenters. The Kier molecular flexibility index (Phi) is 6.01. The molecule has 0 bridgehead atoms. The van der Waals surface area contributed by atoms with Crippen molar-refractivity contribution in [1.29, 1.82) is 0 Å². The van der Waals surface area contributed by atoms with Crippen LogP contribution in [-0.4, -0.2) is 6.54 Å². The molecule has 2 aromatic carbocycles. The summed E-state index contributed by atoms with van der Waals surface area (Å²) >= 11 is 9.15. The molecule has 106 valence electrons. The van der Waals surface area contributed by atoms with E-state index >= 15 is 0 Å². The van der Waals surface area contributed by atoms with Crippen molar-refractivity contribution >= 4 is 54.5 Å². The van der Waals surface area contributed by atoms with Crippen molar-refractivity contribution in [2.45, 2.75) is 13.0 Å². The van der Waals surface area contributed by atoms with Gasteiger partial charge in [-0.25, -0.2) is 4.39 Å². The average molecular weight is 513 g/mol. The summed E-state index contributed by atoms with van der Waals surface area (Å²) < 4.78 is 16.1. The van der Waals surface area contributed by atoms with Gasteiger partial charge in [0.2, 0.25) is 0 Å². The zero-order chi connectivity index (χ0) is 14.7. The molecule has 2 aromatic rings. The third-order valence-corrected chi connectivity index (χ3v) is 4.96. The van der Waals surface area contributed by atoms with Crippen LogP contribution in [0.3, 0.4) is 0 Å². The van der Waals surface area contributed by atoms with E-state index < -0.39 is 0 Å². The summed E-state index contributed by atoms with van der Waals surface area (Å²) in [6.07, 6.45) is 0. The van der Waals surface area contributed by atoms with Crippen molar-refractivity contribution in [3.8, 4) is 0 Å². The summed E-state index contributed by atoms with van der Waals surface area (Å²) in [7, 11) is 0. The van der Waals surface area contributed by atoms with E-state index in [1.165, 1.54) is 9.64 Å². The molecule has 1 N–H and O–H groups in total. The van der Waals surface area contributed by atoms with E-state index in [1.54, 1.807) is 0 Å². The van der Waals surface area contributed by atoms with Crippen LogP contribution in [0.25, 0.3) is 0 Å². The van der Waals surface area contributed by atoms with E-state index in [0.29, 0.717) is 4.47 Å². The van der Waals surface area contributed by atoms with Crippen molar-refractivity contribution in [2.75, 3.05) is 6.54 Å². The van der Waals surface area contributed by atoms with Gasteiger partial charge in [0.15, 0.2) is 0 Å². The van der Waals surface area contributed by atoms with Crippen molar-refractivity contribution in [3.63, 3.8) is 0 Å². The lowest BCUT2D eigenvalue weighted by molar-refractivity contribution is 0.607. The third kappa shape index (κ3) is 3.81. The first-order valence-electron chi connectivity index (χ1n) is 6.16. The van der Waals surface area contributed by atoms with Crippen LogP contribution >= 0.6 is 54.5 Å². The highest BCUT2D eigenvalue weighted by Crippen LogP contribution is 2.31. The number of hydrogen-bond donors (Lipinski definition) is 1. The lowest BCUT2D eigenvalue weighted by Crippen LogP contribution is -2.22. The minimum atomic E-state index is -0.245. The molecule has 0 saturated carbocycles. The molecule has 0 fully saturated rings. The van der Waals surface area contributed by atoms with Crippen LogP contribution in [0.2, 0.25) is 0 Å². The second-order valence-electron chi connectivity index (χ2n) is 4.33. The first-order valence-corrected chi connectivity index (χ1v) is 8.82. The van der Waals surface area contributed by atoms with Gasteiger partial charge in [-0.2, -0.15) is 0 Å². The Hall–Kier alpha value is 0.0200. The summed E-state index contributed by atoms with van der Waals surface area (Å²) in [5.41, 5.74) is 2.18. The van der Waals surface area contributed by atoms with Gasteiger partial charge in [-0.05, 0) is 86.5 Å². The predicted octanol–water partition coefficient (Wildman–Crippen LogP) is 5.65. The van der Waals surface area contributed by atoms with Crippen LogP contribution in [0.5, 0.6) is 0 Å². The molecule has 0 aliphatic carbocycles. The molecule has 0 aliphatic heterocycles. The van der Waals surface area contributed by atoms with Gasteiger partial charge in [0.05, 0.1) is 10.5 Å². The van der Waals surface area contributed by atoms with E-state index in [9.17, 15) is 4.39 Å². The first-order chi connectivity index (χ1) is 9.52. The van der Waals surface area contributed by atoms with Gasteiger partial charge in [0.25, 0.3) is 0 Å². The molecule has 0 saturated heterocycles. The van der Waals surface area contributed by atoms with Crippen LogP contribution < -0.4 is 5.32 Å². The monoisotopic (exact) mass is 511 g/mol. The van der Waals surface area contributed by atoms with Gasteiger partial charge in [0, 0.05) is 8.04 Å². The van der Waals surface area contributed by atoms with Gasteiger partial charge in [0.1, 0.15) is 5.82 Å². The van der Waals surface area contributed by atoms with Crippen LogP contribution in [-0.2, 0) is 0 Å². The maximum atomic E-state index is 13.4. The molecule has 0 heterocycles. The zero-order valence-electron chi connectivity index (χ0n) is 10.8. The normalized spacial score (nSPS) is 12.4. The highest BCUT2D eigenvalue weighted by molar-refractivity contribution is 14.1. The van der Waals surface area contributed by atoms with Crippen LogP contribution in [0.1, 0.15) is 24.1 Å². The lowest BCUT2D eigenvalue weighted by Gasteiger charge is -2.21. The Morgan fingerprint density at radius 2 is 1.90 bits per heavy atom. The second kappa shape index (κ2) is 7.33. The summed E-state index contributed by atoms with van der Waals surface area (Å²) in [6.45, 7) is 2.89. The summed E-state index contributed by atoms with van der Waals surface area (Å²) in [5, 5.41) is 3.45. The number of hydrogen-bond acceptors (Lipinski definition) is 1.